The molecule has 0 aromatic heterocycles. The molecular weight excluding hydrogens is 232 g/mol. The van der Waals surface area contributed by atoms with Gasteiger partial charge >= 0.3 is 0 Å². The predicted molar refractivity (Wildman–Crippen MR) is 73.3 cm³/mol. The highest BCUT2D eigenvalue weighted by Gasteiger charge is 2.30. The second kappa shape index (κ2) is 8.02. The zero-order chi connectivity index (χ0) is 14.2. The first-order valence-electron chi connectivity index (χ1n) is 6.14. The fourth-order valence-electron chi connectivity index (χ4n) is 1.61. The molecule has 7 nitrogen and oxygen atoms in total. The lowest BCUT2D eigenvalue weighted by atomic mass is 9.91. The van der Waals surface area contributed by atoms with Crippen LogP contribution in [0.5, 0.6) is 0 Å². The van der Waals surface area contributed by atoms with Crippen LogP contribution in [0, 0.1) is 5.41 Å². The van der Waals surface area contributed by atoms with Crippen LogP contribution in [-0.2, 0) is 4.79 Å². The van der Waals surface area contributed by atoms with E-state index in [-0.39, 0.29) is 11.7 Å². The predicted octanol–water partition coefficient (Wildman–Crippen LogP) is -1.53. The molecule has 0 spiro atoms. The van der Waals surface area contributed by atoms with Crippen LogP contribution >= 0.6 is 0 Å². The molecule has 0 aromatic carbocycles. The Hall–Kier alpha value is -1.18. The van der Waals surface area contributed by atoms with Crippen molar-refractivity contribution in [2.45, 2.75) is 38.3 Å². The Morgan fingerprint density at radius 2 is 2.00 bits per heavy atom. The monoisotopic (exact) mass is 258 g/mol. The van der Waals surface area contributed by atoms with Crippen molar-refractivity contribution in [3.05, 3.63) is 0 Å². The molecule has 18 heavy (non-hydrogen) atoms. The van der Waals surface area contributed by atoms with Crippen LogP contribution in [0.3, 0.4) is 0 Å². The molecule has 0 aliphatic heterocycles. The van der Waals surface area contributed by atoms with Crippen molar-refractivity contribution in [2.24, 2.45) is 17.2 Å². The third kappa shape index (κ3) is 6.53. The Morgan fingerprint density at radius 3 is 2.50 bits per heavy atom. The molecule has 0 heterocycles. The first-order chi connectivity index (χ1) is 8.31. The van der Waals surface area contributed by atoms with E-state index in [0.717, 1.165) is 0 Å². The minimum atomic E-state index is -0.660. The molecule has 1 unspecified atom stereocenters. The first-order valence-corrected chi connectivity index (χ1v) is 6.14. The third-order valence-corrected chi connectivity index (χ3v) is 2.67. The number of hydrogen-bond acceptors (Lipinski definition) is 5. The van der Waals surface area contributed by atoms with Gasteiger partial charge in [0.25, 0.3) is 0 Å². The number of carbonyl (C=O) groups is 1. The maximum absolute atomic E-state index is 12.1. The summed E-state index contributed by atoms with van der Waals surface area (Å²) in [6.07, 6.45) is 1.26. The van der Waals surface area contributed by atoms with E-state index in [1.807, 2.05) is 0 Å². The van der Waals surface area contributed by atoms with Gasteiger partial charge in [-0.25, -0.2) is 0 Å². The van der Waals surface area contributed by atoms with E-state index in [1.54, 1.807) is 13.8 Å². The van der Waals surface area contributed by atoms with Gasteiger partial charge in [0.1, 0.15) is 0 Å². The highest BCUT2D eigenvalue weighted by Crippen LogP contribution is 2.09. The molecule has 0 aliphatic carbocycles. The minimum absolute atomic E-state index is 0.0289. The van der Waals surface area contributed by atoms with Gasteiger partial charge in [-0.05, 0) is 26.7 Å². The molecule has 0 fully saturated rings. The smallest absolute Gasteiger partial charge is 0.185 e. The van der Waals surface area contributed by atoms with E-state index in [2.05, 4.69) is 10.6 Å². The van der Waals surface area contributed by atoms with Gasteiger partial charge in [-0.15, -0.1) is 0 Å². The fraction of sp³-hybridized carbons (Fsp3) is 0.818. The number of carbonyl (C=O) groups excluding carboxylic acids is 1. The number of hydrogen-bond donors (Lipinski definition) is 6. The van der Waals surface area contributed by atoms with Gasteiger partial charge in [-0.1, -0.05) is 0 Å². The molecule has 0 saturated heterocycles. The van der Waals surface area contributed by atoms with Crippen LogP contribution in [0.1, 0.15) is 26.7 Å². The van der Waals surface area contributed by atoms with Crippen LogP contribution in [0.15, 0.2) is 0 Å². The van der Waals surface area contributed by atoms with Crippen molar-refractivity contribution in [3.63, 3.8) is 0 Å². The summed E-state index contributed by atoms with van der Waals surface area (Å²) in [7, 11) is 0. The lowest BCUT2D eigenvalue weighted by Gasteiger charge is -2.27. The molecule has 106 valence electrons. The Morgan fingerprint density at radius 1 is 1.39 bits per heavy atom. The third-order valence-electron chi connectivity index (χ3n) is 2.67. The number of nitrogens with one attached hydrogen (secondary N) is 3. The van der Waals surface area contributed by atoms with Crippen LogP contribution in [-0.4, -0.2) is 43.0 Å². The number of rotatable bonds is 9. The van der Waals surface area contributed by atoms with Gasteiger partial charge < -0.3 is 27.8 Å². The summed E-state index contributed by atoms with van der Waals surface area (Å²) < 4.78 is 0. The van der Waals surface area contributed by atoms with Crippen LogP contribution in [0.25, 0.3) is 0 Å². The molecule has 0 bridgehead atoms. The van der Waals surface area contributed by atoms with Gasteiger partial charge in [-0.3, -0.25) is 10.2 Å². The highest BCUT2D eigenvalue weighted by atomic mass is 16.1. The summed E-state index contributed by atoms with van der Waals surface area (Å²) in [5.41, 5.74) is 15.7. The summed E-state index contributed by atoms with van der Waals surface area (Å²) in [6, 6.07) is -0.515. The second-order valence-electron chi connectivity index (χ2n) is 4.79. The standard InChI is InChI=1S/C11H26N6O/c1-11(2,17-7-5-12)9(18)8(13)4-3-6-16-10(14)15/h8,17H,3-7,12-13H2,1-2H3,(H4,14,15,16). The second-order valence-corrected chi connectivity index (χ2v) is 4.79. The zero-order valence-corrected chi connectivity index (χ0v) is 11.3. The SMILES string of the molecule is CC(C)(NCCN)C(=O)C(N)CCCNC(=N)N. The van der Waals surface area contributed by atoms with Gasteiger partial charge in [-0.2, -0.15) is 0 Å². The molecular formula is C11H26N6O. The summed E-state index contributed by atoms with van der Waals surface area (Å²) in [4.78, 5) is 12.1. The molecule has 0 aliphatic rings. The molecule has 7 heteroatoms. The van der Waals surface area contributed by atoms with Crippen molar-refractivity contribution in [1.82, 2.24) is 10.6 Å². The molecule has 0 rings (SSSR count). The van der Waals surface area contributed by atoms with Gasteiger partial charge in [0, 0.05) is 19.6 Å². The average molecular weight is 258 g/mol. The van der Waals surface area contributed by atoms with Crippen LogP contribution < -0.4 is 27.8 Å². The van der Waals surface area contributed by atoms with Crippen LogP contribution in [0.2, 0.25) is 0 Å². The Balaban J connectivity index is 4.04. The zero-order valence-electron chi connectivity index (χ0n) is 11.3. The molecule has 0 radical (unpaired) electrons. The normalized spacial score (nSPS) is 13.1. The molecule has 0 saturated carbocycles. The van der Waals surface area contributed by atoms with Crippen molar-refractivity contribution < 1.29 is 4.79 Å². The number of guanidine groups is 1. The maximum atomic E-state index is 12.1. The largest absolute Gasteiger partial charge is 0.370 e. The quantitative estimate of drug-likeness (QED) is 0.168. The van der Waals surface area contributed by atoms with Gasteiger partial charge in [0.15, 0.2) is 11.7 Å². The lowest BCUT2D eigenvalue weighted by Crippen LogP contribution is -2.54. The fourth-order valence-corrected chi connectivity index (χ4v) is 1.61. The highest BCUT2D eigenvalue weighted by molar-refractivity contribution is 5.92. The maximum Gasteiger partial charge on any atom is 0.185 e. The summed E-state index contributed by atoms with van der Waals surface area (Å²) in [6.45, 7) is 5.22. The average Bonchev–Trinajstić information content (AvgIpc) is 2.30. The molecule has 0 amide bonds. The molecule has 9 N–H and O–H groups in total. The van der Waals surface area contributed by atoms with E-state index in [0.29, 0.717) is 32.5 Å². The summed E-state index contributed by atoms with van der Waals surface area (Å²) in [5.74, 6) is -0.0985. The number of ketones is 1. The van der Waals surface area contributed by atoms with Crippen molar-refractivity contribution in [1.29, 1.82) is 5.41 Å². The summed E-state index contributed by atoms with van der Waals surface area (Å²) in [5, 5.41) is 12.7. The van der Waals surface area contributed by atoms with E-state index >= 15 is 0 Å². The van der Waals surface area contributed by atoms with Crippen molar-refractivity contribution in [2.75, 3.05) is 19.6 Å². The van der Waals surface area contributed by atoms with E-state index < -0.39 is 11.6 Å². The Bertz CT molecular complexity index is 279. The van der Waals surface area contributed by atoms with Gasteiger partial charge in [0.05, 0.1) is 11.6 Å². The number of nitrogens with two attached hydrogens (primary N) is 3. The molecule has 0 aromatic rings. The Labute approximate surface area is 108 Å². The number of Topliss-reactive ketones (excluding diaryl/α,β-unsaturated/α-hetero) is 1. The topological polar surface area (TPSA) is 143 Å². The molecule has 1 atom stereocenters. The van der Waals surface area contributed by atoms with E-state index in [1.165, 1.54) is 0 Å². The van der Waals surface area contributed by atoms with Gasteiger partial charge in [0.2, 0.25) is 0 Å². The van der Waals surface area contributed by atoms with Crippen LogP contribution in [0.4, 0.5) is 0 Å². The summed E-state index contributed by atoms with van der Waals surface area (Å²) >= 11 is 0. The van der Waals surface area contributed by atoms with E-state index in [9.17, 15) is 4.79 Å². The Kier molecular flexibility index (Phi) is 7.49. The first kappa shape index (κ1) is 16.8. The lowest BCUT2D eigenvalue weighted by molar-refractivity contribution is -0.125. The van der Waals surface area contributed by atoms with E-state index in [4.69, 9.17) is 22.6 Å². The minimum Gasteiger partial charge on any atom is -0.370 e. The van der Waals surface area contributed by atoms with Crippen molar-refractivity contribution >= 4 is 11.7 Å². The van der Waals surface area contributed by atoms with Crippen molar-refractivity contribution in [3.8, 4) is 0 Å².